The van der Waals surface area contributed by atoms with Crippen LogP contribution in [-0.2, 0) is 0 Å². The molecule has 0 saturated heterocycles. The predicted octanol–water partition coefficient (Wildman–Crippen LogP) is 3.35. The summed E-state index contributed by atoms with van der Waals surface area (Å²) in [7, 11) is 0. The zero-order valence-electron chi connectivity index (χ0n) is 7.82. The number of halogens is 1. The Labute approximate surface area is 93.5 Å². The highest BCUT2D eigenvalue weighted by Crippen LogP contribution is 2.35. The van der Waals surface area contributed by atoms with E-state index < -0.39 is 0 Å². The smallest absolute Gasteiger partial charge is 0.0662 e. The van der Waals surface area contributed by atoms with E-state index in [9.17, 15) is 5.11 Å². The molecule has 2 rings (SSSR count). The number of aliphatic hydroxyl groups is 1. The van der Waals surface area contributed by atoms with Crippen molar-refractivity contribution in [2.24, 2.45) is 0 Å². The van der Waals surface area contributed by atoms with Crippen molar-refractivity contribution in [1.29, 1.82) is 0 Å². The molecule has 0 spiro atoms. The summed E-state index contributed by atoms with van der Waals surface area (Å²) in [5.41, 5.74) is 0. The van der Waals surface area contributed by atoms with Crippen LogP contribution in [0.25, 0.3) is 0 Å². The van der Waals surface area contributed by atoms with Gasteiger partial charge in [-0.2, -0.15) is 0 Å². The number of rotatable bonds is 2. The van der Waals surface area contributed by atoms with Crippen LogP contribution in [0.1, 0.15) is 19.3 Å². The third-order valence-electron chi connectivity index (χ3n) is 2.52. The van der Waals surface area contributed by atoms with E-state index in [0.717, 1.165) is 24.3 Å². The fraction of sp³-hybridized carbons (Fsp3) is 0.455. The van der Waals surface area contributed by atoms with Crippen LogP contribution in [0, 0.1) is 0 Å². The first-order valence-corrected chi connectivity index (χ1v) is 6.12. The van der Waals surface area contributed by atoms with Crippen molar-refractivity contribution in [3.8, 4) is 0 Å². The van der Waals surface area contributed by atoms with Gasteiger partial charge in [-0.15, -0.1) is 11.8 Å². The van der Waals surface area contributed by atoms with Gasteiger partial charge in [-0.25, -0.2) is 0 Å². The third-order valence-corrected chi connectivity index (χ3v) is 4.17. The predicted molar refractivity (Wildman–Crippen MR) is 61.0 cm³/mol. The maximum atomic E-state index is 9.66. The van der Waals surface area contributed by atoms with Crippen LogP contribution in [0.3, 0.4) is 0 Å². The van der Waals surface area contributed by atoms with E-state index in [1.165, 1.54) is 4.90 Å². The summed E-state index contributed by atoms with van der Waals surface area (Å²) in [6.07, 6.45) is 3.09. The van der Waals surface area contributed by atoms with Crippen LogP contribution in [0.15, 0.2) is 29.2 Å². The van der Waals surface area contributed by atoms with E-state index in [0.29, 0.717) is 5.25 Å². The molecule has 1 N–H and O–H groups in total. The maximum absolute atomic E-state index is 9.66. The van der Waals surface area contributed by atoms with Gasteiger partial charge in [0, 0.05) is 15.2 Å². The summed E-state index contributed by atoms with van der Waals surface area (Å²) >= 11 is 7.56. The summed E-state index contributed by atoms with van der Waals surface area (Å²) in [6.45, 7) is 0. The average Bonchev–Trinajstić information content (AvgIpc) is 2.56. The normalized spacial score (nSPS) is 26.7. The standard InChI is InChI=1S/C11H13ClOS/c12-8-4-6-9(7-5-8)14-11-3-1-2-10(11)13/h4-7,10-11,13H,1-3H2/t10-,11-/m1/s1. The van der Waals surface area contributed by atoms with Crippen molar-refractivity contribution in [1.82, 2.24) is 0 Å². The number of benzene rings is 1. The molecule has 2 atom stereocenters. The van der Waals surface area contributed by atoms with Gasteiger partial charge in [-0.1, -0.05) is 11.6 Å². The van der Waals surface area contributed by atoms with Gasteiger partial charge in [0.15, 0.2) is 0 Å². The Morgan fingerprint density at radius 3 is 2.50 bits per heavy atom. The van der Waals surface area contributed by atoms with Gasteiger partial charge in [-0.3, -0.25) is 0 Å². The van der Waals surface area contributed by atoms with Gasteiger partial charge in [-0.05, 0) is 43.5 Å². The third kappa shape index (κ3) is 2.44. The fourth-order valence-electron chi connectivity index (χ4n) is 1.73. The molecule has 0 unspecified atom stereocenters. The lowest BCUT2D eigenvalue weighted by Crippen LogP contribution is -2.14. The van der Waals surface area contributed by atoms with Crippen molar-refractivity contribution in [2.45, 2.75) is 35.5 Å². The first-order valence-electron chi connectivity index (χ1n) is 4.86. The van der Waals surface area contributed by atoms with Crippen molar-refractivity contribution in [2.75, 3.05) is 0 Å². The molecule has 0 heterocycles. The molecular weight excluding hydrogens is 216 g/mol. The molecule has 1 aliphatic carbocycles. The van der Waals surface area contributed by atoms with E-state index in [4.69, 9.17) is 11.6 Å². The van der Waals surface area contributed by atoms with E-state index in [1.54, 1.807) is 11.8 Å². The monoisotopic (exact) mass is 228 g/mol. The van der Waals surface area contributed by atoms with E-state index in [1.807, 2.05) is 24.3 Å². The highest BCUT2D eigenvalue weighted by atomic mass is 35.5. The summed E-state index contributed by atoms with van der Waals surface area (Å²) < 4.78 is 0. The molecule has 14 heavy (non-hydrogen) atoms. The van der Waals surface area contributed by atoms with Gasteiger partial charge >= 0.3 is 0 Å². The minimum absolute atomic E-state index is 0.129. The molecule has 1 nitrogen and oxygen atoms in total. The van der Waals surface area contributed by atoms with Gasteiger partial charge in [0.1, 0.15) is 0 Å². The van der Waals surface area contributed by atoms with Gasteiger partial charge in [0.25, 0.3) is 0 Å². The number of hydrogen-bond acceptors (Lipinski definition) is 2. The average molecular weight is 229 g/mol. The second-order valence-corrected chi connectivity index (χ2v) is 5.36. The lowest BCUT2D eigenvalue weighted by atomic mass is 10.3. The molecule has 0 aromatic heterocycles. The zero-order valence-corrected chi connectivity index (χ0v) is 9.39. The molecule has 1 aromatic rings. The second-order valence-electron chi connectivity index (χ2n) is 3.61. The summed E-state index contributed by atoms with van der Waals surface area (Å²) in [5, 5.41) is 10.8. The molecule has 0 bridgehead atoms. The Hall–Kier alpha value is -0.180. The Morgan fingerprint density at radius 2 is 1.93 bits per heavy atom. The zero-order chi connectivity index (χ0) is 9.97. The van der Waals surface area contributed by atoms with Crippen LogP contribution in [0.5, 0.6) is 0 Å². The topological polar surface area (TPSA) is 20.2 Å². The molecule has 1 aliphatic rings. The van der Waals surface area contributed by atoms with Crippen molar-refractivity contribution < 1.29 is 5.11 Å². The number of thioether (sulfide) groups is 1. The number of aliphatic hydroxyl groups excluding tert-OH is 1. The molecule has 1 saturated carbocycles. The minimum Gasteiger partial charge on any atom is -0.392 e. The van der Waals surface area contributed by atoms with Crippen LogP contribution in [0.2, 0.25) is 5.02 Å². The first kappa shape index (κ1) is 10.3. The van der Waals surface area contributed by atoms with Crippen molar-refractivity contribution >= 4 is 23.4 Å². The molecule has 1 fully saturated rings. The molecule has 0 radical (unpaired) electrons. The Balaban J connectivity index is 2.00. The molecule has 3 heteroatoms. The first-order chi connectivity index (χ1) is 6.75. The highest BCUT2D eigenvalue weighted by molar-refractivity contribution is 8.00. The van der Waals surface area contributed by atoms with E-state index >= 15 is 0 Å². The van der Waals surface area contributed by atoms with Gasteiger partial charge in [0.2, 0.25) is 0 Å². The Bertz CT molecular complexity index is 299. The van der Waals surface area contributed by atoms with Gasteiger partial charge < -0.3 is 5.11 Å². The van der Waals surface area contributed by atoms with Crippen LogP contribution in [-0.4, -0.2) is 16.5 Å². The number of hydrogen-bond donors (Lipinski definition) is 1. The summed E-state index contributed by atoms with van der Waals surface area (Å²) in [4.78, 5) is 1.19. The second kappa shape index (κ2) is 4.56. The van der Waals surface area contributed by atoms with Gasteiger partial charge in [0.05, 0.1) is 6.10 Å². The highest BCUT2D eigenvalue weighted by Gasteiger charge is 2.25. The minimum atomic E-state index is -0.129. The summed E-state index contributed by atoms with van der Waals surface area (Å²) in [5.74, 6) is 0. The van der Waals surface area contributed by atoms with Crippen molar-refractivity contribution in [3.63, 3.8) is 0 Å². The van der Waals surface area contributed by atoms with Crippen LogP contribution in [0.4, 0.5) is 0 Å². The molecule has 0 amide bonds. The molecule has 1 aromatic carbocycles. The fourth-order valence-corrected chi connectivity index (χ4v) is 3.08. The molecular formula is C11H13ClOS. The lowest BCUT2D eigenvalue weighted by Gasteiger charge is -2.13. The lowest BCUT2D eigenvalue weighted by molar-refractivity contribution is 0.188. The van der Waals surface area contributed by atoms with Crippen molar-refractivity contribution in [3.05, 3.63) is 29.3 Å². The quantitative estimate of drug-likeness (QED) is 0.838. The Morgan fingerprint density at radius 1 is 1.21 bits per heavy atom. The van der Waals surface area contributed by atoms with Crippen LogP contribution < -0.4 is 0 Å². The van der Waals surface area contributed by atoms with E-state index in [-0.39, 0.29) is 6.10 Å². The van der Waals surface area contributed by atoms with Crippen LogP contribution >= 0.6 is 23.4 Å². The maximum Gasteiger partial charge on any atom is 0.0662 e. The largest absolute Gasteiger partial charge is 0.392 e. The summed E-state index contributed by atoms with van der Waals surface area (Å²) in [6, 6.07) is 7.81. The SMILES string of the molecule is O[C@@H]1CCC[C@H]1Sc1ccc(Cl)cc1. The molecule has 76 valence electrons. The molecule has 0 aliphatic heterocycles. The Kier molecular flexibility index (Phi) is 3.37. The van der Waals surface area contributed by atoms with E-state index in [2.05, 4.69) is 0 Å².